The Morgan fingerprint density at radius 1 is 1.29 bits per heavy atom. The van der Waals surface area contributed by atoms with Gasteiger partial charge < -0.3 is 15.5 Å². The average molecular weight is 295 g/mol. The molecule has 3 fully saturated rings. The molecule has 1 spiro atoms. The fourth-order valence-corrected chi connectivity index (χ4v) is 3.02. The summed E-state index contributed by atoms with van der Waals surface area (Å²) in [5.41, 5.74) is -1.01. The first-order valence-electron chi connectivity index (χ1n) is 6.93. The van der Waals surface area contributed by atoms with E-state index in [2.05, 4.69) is 21.3 Å². The Morgan fingerprint density at radius 3 is 2.71 bits per heavy atom. The van der Waals surface area contributed by atoms with Gasteiger partial charge in [0, 0.05) is 13.1 Å². The van der Waals surface area contributed by atoms with Crippen LogP contribution in [0.25, 0.3) is 0 Å². The molecule has 0 aromatic carbocycles. The second kappa shape index (κ2) is 4.99. The molecule has 5 amide bonds. The van der Waals surface area contributed by atoms with Crippen LogP contribution in [0.5, 0.6) is 0 Å². The third kappa shape index (κ3) is 2.44. The smallest absolute Gasteiger partial charge is 0.322 e. The molecule has 3 heterocycles. The van der Waals surface area contributed by atoms with Crippen molar-refractivity contribution in [2.45, 2.75) is 24.4 Å². The maximum Gasteiger partial charge on any atom is 0.322 e. The highest BCUT2D eigenvalue weighted by Gasteiger charge is 2.50. The standard InChI is InChI=1S/C12H17N5O4/c18-8-5-13-7(4-14-8)9(19)17-3-1-2-12(6-17)10(20)15-11(21)16-12/h7,13H,1-6H2,(H,14,18)(H2,15,16,20,21). The van der Waals surface area contributed by atoms with Gasteiger partial charge in [-0.1, -0.05) is 0 Å². The van der Waals surface area contributed by atoms with E-state index in [4.69, 9.17) is 0 Å². The molecule has 2 unspecified atom stereocenters. The number of rotatable bonds is 1. The number of likely N-dealkylation sites (tertiary alicyclic amines) is 1. The molecular weight excluding hydrogens is 278 g/mol. The fraction of sp³-hybridized carbons (Fsp3) is 0.667. The number of carbonyl (C=O) groups excluding carboxylic acids is 4. The van der Waals surface area contributed by atoms with Crippen molar-refractivity contribution in [2.24, 2.45) is 0 Å². The summed E-state index contributed by atoms with van der Waals surface area (Å²) < 4.78 is 0. The normalized spacial score (nSPS) is 32.7. The quantitative estimate of drug-likeness (QED) is 0.392. The van der Waals surface area contributed by atoms with Gasteiger partial charge in [0.1, 0.15) is 11.6 Å². The van der Waals surface area contributed by atoms with E-state index in [9.17, 15) is 19.2 Å². The summed E-state index contributed by atoms with van der Waals surface area (Å²) in [6, 6.07) is -1.00. The van der Waals surface area contributed by atoms with E-state index in [1.165, 1.54) is 0 Å². The van der Waals surface area contributed by atoms with Crippen LogP contribution in [-0.2, 0) is 14.4 Å². The molecule has 0 aromatic heterocycles. The zero-order chi connectivity index (χ0) is 15.0. The van der Waals surface area contributed by atoms with Gasteiger partial charge in [0.05, 0.1) is 13.1 Å². The molecule has 0 saturated carbocycles. The van der Waals surface area contributed by atoms with Crippen molar-refractivity contribution in [3.63, 3.8) is 0 Å². The second-order valence-corrected chi connectivity index (χ2v) is 5.59. The third-order valence-corrected chi connectivity index (χ3v) is 4.13. The Bertz CT molecular complexity index is 512. The van der Waals surface area contributed by atoms with E-state index in [0.717, 1.165) is 0 Å². The molecule has 21 heavy (non-hydrogen) atoms. The van der Waals surface area contributed by atoms with Gasteiger partial charge in [-0.15, -0.1) is 0 Å². The molecule has 9 nitrogen and oxygen atoms in total. The molecule has 0 aromatic rings. The number of nitrogens with zero attached hydrogens (tertiary/aromatic N) is 1. The lowest BCUT2D eigenvalue weighted by molar-refractivity contribution is -0.138. The Balaban J connectivity index is 1.68. The van der Waals surface area contributed by atoms with Crippen molar-refractivity contribution in [3.05, 3.63) is 0 Å². The SMILES string of the molecule is O=C1CNC(C(=O)N2CCCC3(C2)NC(=O)NC3=O)CN1. The van der Waals surface area contributed by atoms with Crippen LogP contribution < -0.4 is 21.3 Å². The number of amides is 5. The maximum atomic E-state index is 12.5. The van der Waals surface area contributed by atoms with Crippen molar-refractivity contribution >= 4 is 23.8 Å². The van der Waals surface area contributed by atoms with Crippen LogP contribution in [0.3, 0.4) is 0 Å². The second-order valence-electron chi connectivity index (χ2n) is 5.59. The molecule has 9 heteroatoms. The molecule has 3 aliphatic heterocycles. The van der Waals surface area contributed by atoms with Gasteiger partial charge in [-0.2, -0.15) is 0 Å². The molecule has 4 N–H and O–H groups in total. The van der Waals surface area contributed by atoms with Crippen molar-refractivity contribution in [2.75, 3.05) is 26.2 Å². The summed E-state index contributed by atoms with van der Waals surface area (Å²) in [6.45, 7) is 1.04. The molecule has 0 aliphatic carbocycles. The summed E-state index contributed by atoms with van der Waals surface area (Å²) >= 11 is 0. The van der Waals surface area contributed by atoms with Crippen LogP contribution in [0.15, 0.2) is 0 Å². The summed E-state index contributed by atoms with van der Waals surface area (Å²) in [5.74, 6) is -0.686. The highest BCUT2D eigenvalue weighted by atomic mass is 16.2. The first kappa shape index (κ1) is 13.8. The minimum Gasteiger partial charge on any atom is -0.353 e. The molecule has 3 saturated heterocycles. The molecule has 3 aliphatic rings. The van der Waals surface area contributed by atoms with E-state index in [1.54, 1.807) is 4.90 Å². The van der Waals surface area contributed by atoms with Crippen LogP contribution in [-0.4, -0.2) is 66.4 Å². The highest BCUT2D eigenvalue weighted by Crippen LogP contribution is 2.24. The van der Waals surface area contributed by atoms with Crippen LogP contribution in [0.2, 0.25) is 0 Å². The van der Waals surface area contributed by atoms with Crippen LogP contribution in [0.1, 0.15) is 12.8 Å². The van der Waals surface area contributed by atoms with Crippen LogP contribution in [0.4, 0.5) is 4.79 Å². The molecule has 0 radical (unpaired) electrons. The monoisotopic (exact) mass is 295 g/mol. The third-order valence-electron chi connectivity index (χ3n) is 4.13. The first-order chi connectivity index (χ1) is 10.00. The zero-order valence-electron chi connectivity index (χ0n) is 11.4. The van der Waals surface area contributed by atoms with Gasteiger partial charge in [0.2, 0.25) is 11.8 Å². The molecule has 2 atom stereocenters. The number of piperidine rings is 1. The van der Waals surface area contributed by atoms with Crippen molar-refractivity contribution in [1.82, 2.24) is 26.2 Å². The fourth-order valence-electron chi connectivity index (χ4n) is 3.02. The Labute approximate surface area is 120 Å². The lowest BCUT2D eigenvalue weighted by atomic mass is 9.89. The highest BCUT2D eigenvalue weighted by molar-refractivity contribution is 6.07. The number of hydrogen-bond acceptors (Lipinski definition) is 5. The largest absolute Gasteiger partial charge is 0.353 e. The van der Waals surface area contributed by atoms with Gasteiger partial charge in [-0.05, 0) is 12.8 Å². The number of nitrogens with one attached hydrogen (secondary N) is 4. The minimum atomic E-state index is -1.01. The number of urea groups is 1. The van der Waals surface area contributed by atoms with Gasteiger partial charge >= 0.3 is 6.03 Å². The molecule has 114 valence electrons. The van der Waals surface area contributed by atoms with Crippen molar-refractivity contribution in [3.8, 4) is 0 Å². The van der Waals surface area contributed by atoms with Gasteiger partial charge in [0.25, 0.3) is 5.91 Å². The number of imide groups is 1. The predicted octanol–water partition coefficient (Wildman–Crippen LogP) is -2.72. The van der Waals surface area contributed by atoms with Crippen LogP contribution >= 0.6 is 0 Å². The lowest BCUT2D eigenvalue weighted by Gasteiger charge is -2.40. The molecule has 3 rings (SSSR count). The predicted molar refractivity (Wildman–Crippen MR) is 70.0 cm³/mol. The molecular formula is C12H17N5O4. The van der Waals surface area contributed by atoms with Crippen molar-refractivity contribution in [1.29, 1.82) is 0 Å². The minimum absolute atomic E-state index is 0.104. The number of piperazine rings is 1. The van der Waals surface area contributed by atoms with E-state index >= 15 is 0 Å². The topological polar surface area (TPSA) is 120 Å². The van der Waals surface area contributed by atoms with E-state index in [0.29, 0.717) is 19.4 Å². The van der Waals surface area contributed by atoms with E-state index in [-0.39, 0.29) is 37.4 Å². The van der Waals surface area contributed by atoms with E-state index in [1.807, 2.05) is 0 Å². The Morgan fingerprint density at radius 2 is 2.10 bits per heavy atom. The van der Waals surface area contributed by atoms with Gasteiger partial charge in [-0.3, -0.25) is 25.0 Å². The lowest BCUT2D eigenvalue weighted by Crippen LogP contribution is -2.64. The first-order valence-corrected chi connectivity index (χ1v) is 6.93. The van der Waals surface area contributed by atoms with Gasteiger partial charge in [0.15, 0.2) is 0 Å². The number of hydrogen-bond donors (Lipinski definition) is 4. The maximum absolute atomic E-state index is 12.5. The average Bonchev–Trinajstić information content (AvgIpc) is 2.73. The summed E-state index contributed by atoms with van der Waals surface area (Å²) in [5, 5.41) is 10.4. The summed E-state index contributed by atoms with van der Waals surface area (Å²) in [7, 11) is 0. The van der Waals surface area contributed by atoms with Gasteiger partial charge in [-0.25, -0.2) is 4.79 Å². The Hall–Kier alpha value is -2.16. The number of carbonyl (C=O) groups is 4. The zero-order valence-corrected chi connectivity index (χ0v) is 11.4. The Kier molecular flexibility index (Phi) is 3.28. The molecule has 0 bridgehead atoms. The van der Waals surface area contributed by atoms with Crippen molar-refractivity contribution < 1.29 is 19.2 Å². The van der Waals surface area contributed by atoms with Crippen LogP contribution in [0, 0.1) is 0 Å². The summed E-state index contributed by atoms with van der Waals surface area (Å²) in [4.78, 5) is 48.4. The van der Waals surface area contributed by atoms with E-state index < -0.39 is 17.6 Å². The summed E-state index contributed by atoms with van der Waals surface area (Å²) in [6.07, 6.45) is 1.15.